The third-order valence-electron chi connectivity index (χ3n) is 0. The van der Waals surface area contributed by atoms with Crippen molar-refractivity contribution < 1.29 is 37.0 Å². The Bertz CT molecular complexity index is 17.7. The maximum absolute atomic E-state index is 0. The topological polar surface area (TPSA) is 0 Å². The van der Waals surface area contributed by atoms with E-state index in [-0.39, 0.29) is 88.4 Å². The van der Waals surface area contributed by atoms with Crippen molar-refractivity contribution in [1.29, 1.82) is 0 Å². The monoisotopic (exact) mass is 204 g/mol. The predicted octanol–water partition coefficient (Wildman–Crippen LogP) is -1.99. The van der Waals surface area contributed by atoms with E-state index in [1.54, 1.807) is 0 Å². The quantitative estimate of drug-likeness (QED) is 0.401. The largest absolute Gasteiger partial charge is 2.00 e. The Morgan fingerprint density at radius 2 is 1.20 bits per heavy atom. The van der Waals surface area contributed by atoms with Crippen LogP contribution in [0.25, 0.3) is 0 Å². The summed E-state index contributed by atoms with van der Waals surface area (Å²) in [5.74, 6) is 0. The van der Waals surface area contributed by atoms with Gasteiger partial charge in [0.25, 0.3) is 0 Å². The molecule has 0 amide bonds. The molecule has 0 aliphatic rings. The van der Waals surface area contributed by atoms with Crippen molar-refractivity contribution in [2.45, 2.75) is 0 Å². The van der Waals surface area contributed by atoms with E-state index in [2.05, 4.69) is 0 Å². The molecule has 0 N–H and O–H groups in total. The molecule has 0 fully saturated rings. The second kappa shape index (κ2) is 31.0. The molecule has 0 unspecified atom stereocenters. The third kappa shape index (κ3) is 20.8. The van der Waals surface area contributed by atoms with E-state index in [9.17, 15) is 0 Å². The molecular formula is H6AlCuFeMgSi. The van der Waals surface area contributed by atoms with E-state index >= 15 is 0 Å². The molecule has 0 atom stereocenters. The molecule has 4 radical (unpaired) electrons. The standard InChI is InChI=1S/Al.Cu.Fe.Mg.H3Si.3H/h;;;;1H3;;;/q;;;+2;;;2*-1. The molecule has 0 heterocycles. The van der Waals surface area contributed by atoms with Crippen LogP contribution >= 0.6 is 0 Å². The summed E-state index contributed by atoms with van der Waals surface area (Å²) in [6.45, 7) is 0. The van der Waals surface area contributed by atoms with Crippen LogP contribution in [-0.4, -0.2) is 51.4 Å². The zero-order chi connectivity index (χ0) is 0. The SMILES string of the molecule is [AlH].[Cu].[Fe].[H-].[H-].[Mg+2].[SiH3]. The summed E-state index contributed by atoms with van der Waals surface area (Å²) in [6.07, 6.45) is 0. The average Bonchev–Trinajstić information content (AvgIpc) is 0. The average molecular weight is 205 g/mol. The fraction of sp³-hybridized carbons (Fsp3) is 0. The summed E-state index contributed by atoms with van der Waals surface area (Å²) in [5, 5.41) is 0. The van der Waals surface area contributed by atoms with Crippen LogP contribution in [0.2, 0.25) is 0 Å². The summed E-state index contributed by atoms with van der Waals surface area (Å²) < 4.78 is 0. The van der Waals surface area contributed by atoms with Gasteiger partial charge in [-0.3, -0.25) is 0 Å². The molecule has 0 aromatic carbocycles. The Labute approximate surface area is 87.4 Å². The molecule has 0 nitrogen and oxygen atoms in total. The van der Waals surface area contributed by atoms with E-state index < -0.39 is 0 Å². The minimum atomic E-state index is 0. The summed E-state index contributed by atoms with van der Waals surface area (Å²) in [7, 11) is 0. The van der Waals surface area contributed by atoms with Crippen molar-refractivity contribution in [3.63, 3.8) is 0 Å². The van der Waals surface area contributed by atoms with E-state index in [1.165, 1.54) is 0 Å². The Balaban J connectivity index is 0. The maximum atomic E-state index is 0. The molecule has 0 aliphatic heterocycles. The summed E-state index contributed by atoms with van der Waals surface area (Å²) in [4.78, 5) is 0. The third-order valence-corrected chi connectivity index (χ3v) is 0. The zero-order valence-corrected chi connectivity index (χ0v) is 9.94. The van der Waals surface area contributed by atoms with Crippen molar-refractivity contribution in [3.05, 3.63) is 0 Å². The first kappa shape index (κ1) is 49.7. The van der Waals surface area contributed by atoms with Gasteiger partial charge in [-0.15, -0.1) is 0 Å². The number of rotatable bonds is 0. The Morgan fingerprint density at radius 1 is 1.20 bits per heavy atom. The van der Waals surface area contributed by atoms with Crippen LogP contribution in [0, 0.1) is 0 Å². The van der Waals surface area contributed by atoms with Crippen molar-refractivity contribution >= 4 is 51.4 Å². The first-order valence-corrected chi connectivity index (χ1v) is 0. The van der Waals surface area contributed by atoms with Crippen molar-refractivity contribution in [2.24, 2.45) is 0 Å². The summed E-state index contributed by atoms with van der Waals surface area (Å²) in [5.41, 5.74) is 0. The Hall–Kier alpha value is 2.55. The second-order valence-corrected chi connectivity index (χ2v) is 0. The smallest absolute Gasteiger partial charge is 1.00 e. The van der Waals surface area contributed by atoms with Crippen LogP contribution < -0.4 is 0 Å². The molecule has 34 valence electrons. The minimum absolute atomic E-state index is 0. The van der Waals surface area contributed by atoms with Gasteiger partial charge >= 0.3 is 23.1 Å². The predicted molar refractivity (Wildman–Crippen MR) is 25.1 cm³/mol. The first-order chi connectivity index (χ1) is 0. The van der Waals surface area contributed by atoms with Gasteiger partial charge in [0, 0.05) is 34.1 Å². The van der Waals surface area contributed by atoms with Gasteiger partial charge in [0.1, 0.15) is 0 Å². The van der Waals surface area contributed by atoms with Crippen LogP contribution in [0.5, 0.6) is 0 Å². The summed E-state index contributed by atoms with van der Waals surface area (Å²) in [6, 6.07) is 0. The Morgan fingerprint density at radius 3 is 1.20 bits per heavy atom. The molecule has 0 saturated carbocycles. The van der Waals surface area contributed by atoms with Gasteiger partial charge in [0.15, 0.2) is 0 Å². The van der Waals surface area contributed by atoms with Crippen molar-refractivity contribution in [2.75, 3.05) is 0 Å². The van der Waals surface area contributed by atoms with Gasteiger partial charge in [-0.05, 0) is 11.0 Å². The van der Waals surface area contributed by atoms with Crippen LogP contribution in [-0.2, 0) is 34.1 Å². The van der Waals surface area contributed by atoms with Gasteiger partial charge in [0.2, 0.25) is 0 Å². The molecule has 0 aromatic heterocycles. The van der Waals surface area contributed by atoms with E-state index in [4.69, 9.17) is 0 Å². The van der Waals surface area contributed by atoms with Crippen molar-refractivity contribution in [1.82, 2.24) is 0 Å². The van der Waals surface area contributed by atoms with E-state index in [0.717, 1.165) is 0 Å². The van der Waals surface area contributed by atoms with Crippen molar-refractivity contribution in [3.8, 4) is 0 Å². The molecule has 0 bridgehead atoms. The molecule has 0 rings (SSSR count). The second-order valence-electron chi connectivity index (χ2n) is 0. The van der Waals surface area contributed by atoms with Crippen LogP contribution in [0.4, 0.5) is 0 Å². The molecule has 0 spiro atoms. The molecule has 0 saturated heterocycles. The zero-order valence-electron chi connectivity index (χ0n) is 5.07. The van der Waals surface area contributed by atoms with Crippen LogP contribution in [0.3, 0.4) is 0 Å². The van der Waals surface area contributed by atoms with Gasteiger partial charge in [0.05, 0.1) is 17.4 Å². The van der Waals surface area contributed by atoms with Gasteiger partial charge in [-0.2, -0.15) is 0 Å². The fourth-order valence-electron chi connectivity index (χ4n) is 0. The van der Waals surface area contributed by atoms with Crippen LogP contribution in [0.1, 0.15) is 2.85 Å². The minimum Gasteiger partial charge on any atom is -1.00 e. The maximum Gasteiger partial charge on any atom is 2.00 e. The molecule has 0 aromatic rings. The van der Waals surface area contributed by atoms with Crippen LogP contribution in [0.15, 0.2) is 0 Å². The number of hydrogen-bond donors (Lipinski definition) is 0. The summed E-state index contributed by atoms with van der Waals surface area (Å²) >= 11 is 0. The molecule has 5 heavy (non-hydrogen) atoms. The van der Waals surface area contributed by atoms with E-state index in [0.29, 0.717) is 0 Å². The normalized spacial score (nSPS) is 0. The first-order valence-electron chi connectivity index (χ1n) is 0. The van der Waals surface area contributed by atoms with Gasteiger partial charge < -0.3 is 2.85 Å². The van der Waals surface area contributed by atoms with Gasteiger partial charge in [-0.1, -0.05) is 0 Å². The van der Waals surface area contributed by atoms with Gasteiger partial charge in [-0.25, -0.2) is 0 Å². The number of hydrogen-bond acceptors (Lipinski definition) is 0. The molecule has 0 aliphatic carbocycles. The molecular weight excluding hydrogens is 199 g/mol. The fourth-order valence-corrected chi connectivity index (χ4v) is 0. The Kier molecular flexibility index (Phi) is 308. The van der Waals surface area contributed by atoms with E-state index in [1.807, 2.05) is 0 Å². The molecule has 5 heteroatoms.